The molecule has 2 nitrogen and oxygen atoms in total. The van der Waals surface area contributed by atoms with Gasteiger partial charge in [0.15, 0.2) is 0 Å². The minimum Gasteiger partial charge on any atom is -0.481 e. The van der Waals surface area contributed by atoms with Crippen LogP contribution in [0, 0.1) is 5.82 Å². The lowest BCUT2D eigenvalue weighted by atomic mass is 9.97. The number of benzene rings is 2. The minimum atomic E-state index is -1.01. The normalized spacial score (nSPS) is 16.4. The van der Waals surface area contributed by atoms with Crippen LogP contribution in [0.25, 0.3) is 11.1 Å². The minimum absolute atomic E-state index is 0.279. The van der Waals surface area contributed by atoms with E-state index in [4.69, 9.17) is 0 Å². The van der Waals surface area contributed by atoms with E-state index >= 15 is 0 Å². The third kappa shape index (κ3) is 1.29. The molecular formula is C14H9FO2. The smallest absolute Gasteiger partial charge is 0.315 e. The van der Waals surface area contributed by atoms with Crippen molar-refractivity contribution >= 4 is 5.97 Å². The van der Waals surface area contributed by atoms with Gasteiger partial charge < -0.3 is 5.11 Å². The average Bonchev–Trinajstić information content (AvgIpc) is 2.65. The van der Waals surface area contributed by atoms with Crippen molar-refractivity contribution in [2.75, 3.05) is 0 Å². The molecule has 0 aliphatic heterocycles. The average molecular weight is 228 g/mol. The van der Waals surface area contributed by atoms with E-state index in [0.717, 1.165) is 5.56 Å². The second-order valence-electron chi connectivity index (χ2n) is 4.06. The molecule has 84 valence electrons. The van der Waals surface area contributed by atoms with Gasteiger partial charge in [-0.05, 0) is 22.8 Å². The summed E-state index contributed by atoms with van der Waals surface area (Å²) < 4.78 is 13.8. The highest BCUT2D eigenvalue weighted by molar-refractivity contribution is 5.92. The van der Waals surface area contributed by atoms with E-state index in [-0.39, 0.29) is 5.56 Å². The zero-order valence-electron chi connectivity index (χ0n) is 8.85. The van der Waals surface area contributed by atoms with Gasteiger partial charge in [0, 0.05) is 5.56 Å². The van der Waals surface area contributed by atoms with E-state index < -0.39 is 17.7 Å². The lowest BCUT2D eigenvalue weighted by Crippen LogP contribution is -2.11. The van der Waals surface area contributed by atoms with Gasteiger partial charge in [-0.15, -0.1) is 0 Å². The van der Waals surface area contributed by atoms with E-state index in [0.29, 0.717) is 11.1 Å². The molecule has 1 aliphatic rings. The first-order valence-corrected chi connectivity index (χ1v) is 5.30. The fourth-order valence-corrected chi connectivity index (χ4v) is 2.47. The molecule has 2 aromatic rings. The highest BCUT2D eigenvalue weighted by atomic mass is 19.1. The van der Waals surface area contributed by atoms with E-state index in [1.807, 2.05) is 12.1 Å². The number of rotatable bonds is 1. The first kappa shape index (κ1) is 10.0. The van der Waals surface area contributed by atoms with Crippen LogP contribution in [0.2, 0.25) is 0 Å². The number of fused-ring (bicyclic) bond motifs is 3. The third-order valence-electron chi connectivity index (χ3n) is 3.15. The SMILES string of the molecule is O=C(O)C1c2ccccc2-c2cccc(F)c21. The van der Waals surface area contributed by atoms with Crippen molar-refractivity contribution in [2.24, 2.45) is 0 Å². The molecule has 0 radical (unpaired) electrons. The van der Waals surface area contributed by atoms with Gasteiger partial charge in [-0.25, -0.2) is 4.39 Å². The second-order valence-corrected chi connectivity index (χ2v) is 4.06. The van der Waals surface area contributed by atoms with Gasteiger partial charge in [0.1, 0.15) is 11.7 Å². The molecule has 1 unspecified atom stereocenters. The van der Waals surface area contributed by atoms with E-state index in [1.165, 1.54) is 6.07 Å². The Labute approximate surface area is 97.3 Å². The van der Waals surface area contributed by atoms with E-state index in [2.05, 4.69) is 0 Å². The maximum atomic E-state index is 13.8. The van der Waals surface area contributed by atoms with Crippen molar-refractivity contribution in [3.8, 4) is 11.1 Å². The molecule has 0 saturated carbocycles. The quantitative estimate of drug-likeness (QED) is 0.814. The van der Waals surface area contributed by atoms with Crippen LogP contribution in [0.3, 0.4) is 0 Å². The molecule has 1 aliphatic carbocycles. The maximum absolute atomic E-state index is 13.8. The summed E-state index contributed by atoms with van der Waals surface area (Å²) in [7, 11) is 0. The molecular weight excluding hydrogens is 219 g/mol. The molecule has 1 N–H and O–H groups in total. The molecule has 0 aromatic heterocycles. The van der Waals surface area contributed by atoms with Gasteiger partial charge in [-0.1, -0.05) is 36.4 Å². The van der Waals surface area contributed by atoms with Gasteiger partial charge in [0.2, 0.25) is 0 Å². The number of carboxylic acids is 1. The molecule has 0 fully saturated rings. The van der Waals surface area contributed by atoms with Crippen molar-refractivity contribution < 1.29 is 14.3 Å². The topological polar surface area (TPSA) is 37.3 Å². The maximum Gasteiger partial charge on any atom is 0.315 e. The monoisotopic (exact) mass is 228 g/mol. The molecule has 3 rings (SSSR count). The Hall–Kier alpha value is -2.16. The summed E-state index contributed by atoms with van der Waals surface area (Å²) in [5.74, 6) is -2.35. The zero-order valence-corrected chi connectivity index (χ0v) is 8.85. The van der Waals surface area contributed by atoms with Gasteiger partial charge in [-0.2, -0.15) is 0 Å². The summed E-state index contributed by atoms with van der Waals surface area (Å²) in [4.78, 5) is 11.3. The molecule has 0 bridgehead atoms. The Morgan fingerprint density at radius 1 is 1.06 bits per heavy atom. The standard InChI is InChI=1S/C14H9FO2/c15-11-7-3-6-9-8-4-1-2-5-10(8)13(12(9)11)14(16)17/h1-7,13H,(H,16,17). The van der Waals surface area contributed by atoms with Crippen LogP contribution < -0.4 is 0 Å². The van der Waals surface area contributed by atoms with Crippen molar-refractivity contribution in [3.63, 3.8) is 0 Å². The number of hydrogen-bond donors (Lipinski definition) is 1. The van der Waals surface area contributed by atoms with Crippen molar-refractivity contribution in [2.45, 2.75) is 5.92 Å². The first-order valence-electron chi connectivity index (χ1n) is 5.30. The zero-order chi connectivity index (χ0) is 12.0. The molecule has 1 atom stereocenters. The largest absolute Gasteiger partial charge is 0.481 e. The fraction of sp³-hybridized carbons (Fsp3) is 0.0714. The Bertz CT molecular complexity index is 619. The van der Waals surface area contributed by atoms with Crippen LogP contribution in [0.4, 0.5) is 4.39 Å². The lowest BCUT2D eigenvalue weighted by Gasteiger charge is -2.08. The van der Waals surface area contributed by atoms with Crippen LogP contribution in [-0.4, -0.2) is 11.1 Å². The number of hydrogen-bond acceptors (Lipinski definition) is 1. The van der Waals surface area contributed by atoms with Crippen LogP contribution in [0.15, 0.2) is 42.5 Å². The van der Waals surface area contributed by atoms with Gasteiger partial charge >= 0.3 is 5.97 Å². The fourth-order valence-electron chi connectivity index (χ4n) is 2.47. The van der Waals surface area contributed by atoms with Gasteiger partial charge in [0.25, 0.3) is 0 Å². The molecule has 3 heteroatoms. The highest BCUT2D eigenvalue weighted by Gasteiger charge is 2.35. The number of aliphatic carboxylic acids is 1. The Balaban J connectivity index is 2.38. The van der Waals surface area contributed by atoms with Gasteiger partial charge in [-0.3, -0.25) is 4.79 Å². The molecule has 0 spiro atoms. The van der Waals surface area contributed by atoms with E-state index in [9.17, 15) is 14.3 Å². The van der Waals surface area contributed by atoms with Crippen LogP contribution in [-0.2, 0) is 4.79 Å². The molecule has 2 aromatic carbocycles. The third-order valence-corrected chi connectivity index (χ3v) is 3.15. The van der Waals surface area contributed by atoms with Gasteiger partial charge in [0.05, 0.1) is 0 Å². The summed E-state index contributed by atoms with van der Waals surface area (Å²) in [5, 5.41) is 9.26. The molecule has 0 heterocycles. The Morgan fingerprint density at radius 2 is 1.76 bits per heavy atom. The molecule has 0 amide bonds. The summed E-state index contributed by atoms with van der Waals surface area (Å²) in [6, 6.07) is 11.9. The van der Waals surface area contributed by atoms with Crippen molar-refractivity contribution in [1.82, 2.24) is 0 Å². The summed E-state index contributed by atoms with van der Waals surface area (Å²) in [6.45, 7) is 0. The van der Waals surface area contributed by atoms with Crippen molar-refractivity contribution in [3.05, 3.63) is 59.4 Å². The lowest BCUT2D eigenvalue weighted by molar-refractivity contribution is -0.137. The Kier molecular flexibility index (Phi) is 2.01. The van der Waals surface area contributed by atoms with Crippen LogP contribution in [0.1, 0.15) is 17.0 Å². The summed E-state index contributed by atoms with van der Waals surface area (Å²) >= 11 is 0. The molecule has 0 saturated heterocycles. The second kappa shape index (κ2) is 3.42. The molecule has 17 heavy (non-hydrogen) atoms. The predicted octanol–water partition coefficient (Wildman–Crippen LogP) is 3.02. The summed E-state index contributed by atoms with van der Waals surface area (Å²) in [5.41, 5.74) is 2.45. The Morgan fingerprint density at radius 3 is 2.53 bits per heavy atom. The first-order chi connectivity index (χ1) is 8.20. The van der Waals surface area contributed by atoms with Crippen LogP contribution >= 0.6 is 0 Å². The van der Waals surface area contributed by atoms with Crippen LogP contribution in [0.5, 0.6) is 0 Å². The summed E-state index contributed by atoms with van der Waals surface area (Å²) in [6.07, 6.45) is 0. The number of carboxylic acid groups (broad SMARTS) is 1. The van der Waals surface area contributed by atoms with E-state index in [1.54, 1.807) is 24.3 Å². The van der Waals surface area contributed by atoms with Crippen molar-refractivity contribution in [1.29, 1.82) is 0 Å². The number of halogens is 1. The number of carbonyl (C=O) groups is 1. The predicted molar refractivity (Wildman–Crippen MR) is 61.3 cm³/mol. The highest BCUT2D eigenvalue weighted by Crippen LogP contribution is 2.45.